The Balaban J connectivity index is 1.66. The summed E-state index contributed by atoms with van der Waals surface area (Å²) >= 11 is 0. The molecule has 3 saturated heterocycles. The van der Waals surface area contributed by atoms with E-state index in [0.29, 0.717) is 19.0 Å². The van der Waals surface area contributed by atoms with Crippen molar-refractivity contribution in [2.75, 3.05) is 32.7 Å². The fraction of sp³-hybridized carbons (Fsp3) is 0.867. The maximum atomic E-state index is 12.8. The van der Waals surface area contributed by atoms with Crippen molar-refractivity contribution in [1.29, 1.82) is 0 Å². The molecule has 0 aromatic carbocycles. The van der Waals surface area contributed by atoms with Crippen molar-refractivity contribution in [3.05, 3.63) is 0 Å². The van der Waals surface area contributed by atoms with Crippen molar-refractivity contribution in [3.63, 3.8) is 0 Å². The van der Waals surface area contributed by atoms with Gasteiger partial charge in [-0.15, -0.1) is 0 Å². The van der Waals surface area contributed by atoms with Gasteiger partial charge in [0.15, 0.2) is 0 Å². The minimum absolute atomic E-state index is 0.0417. The van der Waals surface area contributed by atoms with Crippen molar-refractivity contribution < 1.29 is 14.7 Å². The second kappa shape index (κ2) is 5.83. The molecular weight excluding hydrogens is 270 g/mol. The summed E-state index contributed by atoms with van der Waals surface area (Å²) in [5.41, 5.74) is 0. The number of carbonyl (C=O) groups excluding carboxylic acids is 1. The van der Waals surface area contributed by atoms with Gasteiger partial charge in [-0.1, -0.05) is 0 Å². The van der Waals surface area contributed by atoms with Crippen LogP contribution in [0.5, 0.6) is 0 Å². The van der Waals surface area contributed by atoms with Crippen LogP contribution in [0.3, 0.4) is 0 Å². The molecule has 118 valence electrons. The van der Waals surface area contributed by atoms with Crippen molar-refractivity contribution >= 4 is 12.0 Å². The Morgan fingerprint density at radius 2 is 1.81 bits per heavy atom. The van der Waals surface area contributed by atoms with Crippen LogP contribution >= 0.6 is 0 Å². The Kier molecular flexibility index (Phi) is 4.06. The normalized spacial score (nSPS) is 33.9. The summed E-state index contributed by atoms with van der Waals surface area (Å²) in [6.07, 6.45) is 4.00. The summed E-state index contributed by atoms with van der Waals surface area (Å²) in [6, 6.07) is 0.350. The molecular formula is C15H25N3O3. The number of hydrogen-bond acceptors (Lipinski definition) is 3. The van der Waals surface area contributed by atoms with Crippen LogP contribution in [0.4, 0.5) is 4.79 Å². The molecule has 1 N–H and O–H groups in total. The molecule has 0 bridgehead atoms. The number of rotatable bonds is 1. The molecule has 0 saturated carbocycles. The third-order valence-electron chi connectivity index (χ3n) is 5.39. The molecule has 0 aromatic rings. The number of likely N-dealkylation sites (tertiary alicyclic amines) is 1. The van der Waals surface area contributed by atoms with Gasteiger partial charge in [0.05, 0.1) is 5.92 Å². The van der Waals surface area contributed by atoms with Crippen molar-refractivity contribution in [2.45, 2.75) is 44.7 Å². The molecule has 0 aromatic heterocycles. The third kappa shape index (κ3) is 2.73. The number of nitrogens with zero attached hydrogens (tertiary/aromatic N) is 3. The number of hydrogen-bond donors (Lipinski definition) is 1. The topological polar surface area (TPSA) is 64.1 Å². The van der Waals surface area contributed by atoms with Crippen LogP contribution in [0.1, 0.15) is 32.6 Å². The highest BCUT2D eigenvalue weighted by Gasteiger charge is 2.40. The van der Waals surface area contributed by atoms with Crippen molar-refractivity contribution in [3.8, 4) is 0 Å². The van der Waals surface area contributed by atoms with Gasteiger partial charge in [-0.05, 0) is 39.2 Å². The predicted octanol–water partition coefficient (Wildman–Crippen LogP) is 1.07. The Hall–Kier alpha value is -1.30. The van der Waals surface area contributed by atoms with Crippen LogP contribution in [0.25, 0.3) is 0 Å². The fourth-order valence-corrected chi connectivity index (χ4v) is 4.10. The van der Waals surface area contributed by atoms with Gasteiger partial charge >= 0.3 is 12.0 Å². The van der Waals surface area contributed by atoms with Gasteiger partial charge < -0.3 is 14.9 Å². The lowest BCUT2D eigenvalue weighted by atomic mass is 10.0. The van der Waals surface area contributed by atoms with Crippen LogP contribution in [0, 0.1) is 5.92 Å². The number of aliphatic carboxylic acids is 1. The first kappa shape index (κ1) is 14.6. The van der Waals surface area contributed by atoms with E-state index in [-0.39, 0.29) is 12.1 Å². The molecule has 3 atom stereocenters. The first-order valence-electron chi connectivity index (χ1n) is 8.10. The van der Waals surface area contributed by atoms with Crippen molar-refractivity contribution in [1.82, 2.24) is 14.7 Å². The molecule has 6 heteroatoms. The third-order valence-corrected chi connectivity index (χ3v) is 5.39. The summed E-state index contributed by atoms with van der Waals surface area (Å²) in [6.45, 7) is 6.29. The minimum atomic E-state index is -0.782. The standard InChI is InChI=1S/C15H25N3O3/c1-11-13(14(19)20)5-9-18(11)15(21)17-8-3-7-16-6-2-4-12(16)10-17/h11-13H,2-10H2,1H3,(H,19,20). The fourth-order valence-electron chi connectivity index (χ4n) is 4.10. The van der Waals surface area contributed by atoms with Gasteiger partial charge in [-0.2, -0.15) is 0 Å². The zero-order valence-electron chi connectivity index (χ0n) is 12.7. The van der Waals surface area contributed by atoms with E-state index in [0.717, 1.165) is 32.6 Å². The van der Waals surface area contributed by atoms with Crippen molar-refractivity contribution in [2.24, 2.45) is 5.92 Å². The van der Waals surface area contributed by atoms with Crippen LogP contribution in [0.2, 0.25) is 0 Å². The van der Waals surface area contributed by atoms with Crippen LogP contribution in [-0.2, 0) is 4.79 Å². The molecule has 3 unspecified atom stereocenters. The van der Waals surface area contributed by atoms with Gasteiger partial charge in [0, 0.05) is 38.3 Å². The average Bonchev–Trinajstić information content (AvgIpc) is 2.99. The number of carboxylic acid groups (broad SMARTS) is 1. The zero-order chi connectivity index (χ0) is 15.0. The molecule has 3 aliphatic rings. The number of carboxylic acids is 1. The quantitative estimate of drug-likeness (QED) is 0.786. The van der Waals surface area contributed by atoms with E-state index < -0.39 is 11.9 Å². The van der Waals surface area contributed by atoms with Crippen LogP contribution in [0.15, 0.2) is 0 Å². The van der Waals surface area contributed by atoms with E-state index in [4.69, 9.17) is 0 Å². The Morgan fingerprint density at radius 3 is 2.52 bits per heavy atom. The lowest BCUT2D eigenvalue weighted by Gasteiger charge is -2.32. The largest absolute Gasteiger partial charge is 0.481 e. The maximum absolute atomic E-state index is 12.8. The Bertz CT molecular complexity index is 428. The number of amides is 2. The molecule has 3 fully saturated rings. The second-order valence-electron chi connectivity index (χ2n) is 6.58. The molecule has 3 aliphatic heterocycles. The first-order valence-corrected chi connectivity index (χ1v) is 8.10. The predicted molar refractivity (Wildman–Crippen MR) is 78.1 cm³/mol. The lowest BCUT2D eigenvalue weighted by Crippen LogP contribution is -2.48. The Labute approximate surface area is 125 Å². The van der Waals surface area contributed by atoms with Crippen LogP contribution < -0.4 is 0 Å². The van der Waals surface area contributed by atoms with E-state index in [1.165, 1.54) is 12.8 Å². The van der Waals surface area contributed by atoms with E-state index in [9.17, 15) is 14.7 Å². The number of fused-ring (bicyclic) bond motifs is 1. The molecule has 3 rings (SSSR count). The van der Waals surface area contributed by atoms with Gasteiger partial charge in [0.25, 0.3) is 0 Å². The van der Waals surface area contributed by atoms with Gasteiger partial charge in [0.1, 0.15) is 0 Å². The van der Waals surface area contributed by atoms with Crippen LogP contribution in [-0.4, -0.2) is 76.6 Å². The van der Waals surface area contributed by atoms with E-state index in [1.54, 1.807) is 4.90 Å². The van der Waals surface area contributed by atoms with E-state index in [2.05, 4.69) is 4.90 Å². The highest BCUT2D eigenvalue weighted by molar-refractivity contribution is 5.78. The van der Waals surface area contributed by atoms with E-state index in [1.807, 2.05) is 11.8 Å². The van der Waals surface area contributed by atoms with Gasteiger partial charge in [-0.25, -0.2) is 4.79 Å². The highest BCUT2D eigenvalue weighted by atomic mass is 16.4. The summed E-state index contributed by atoms with van der Waals surface area (Å²) in [4.78, 5) is 30.2. The second-order valence-corrected chi connectivity index (χ2v) is 6.58. The molecule has 0 aliphatic carbocycles. The maximum Gasteiger partial charge on any atom is 0.320 e. The summed E-state index contributed by atoms with van der Waals surface area (Å²) in [5.74, 6) is -1.19. The molecule has 3 heterocycles. The molecule has 0 radical (unpaired) electrons. The molecule has 6 nitrogen and oxygen atoms in total. The van der Waals surface area contributed by atoms with Gasteiger partial charge in [-0.3, -0.25) is 9.69 Å². The SMILES string of the molecule is CC1C(C(=O)O)CCN1C(=O)N1CCCN2CCCC2C1. The average molecular weight is 295 g/mol. The molecule has 2 amide bonds. The first-order chi connectivity index (χ1) is 10.1. The monoisotopic (exact) mass is 295 g/mol. The molecule has 21 heavy (non-hydrogen) atoms. The minimum Gasteiger partial charge on any atom is -0.481 e. The lowest BCUT2D eigenvalue weighted by molar-refractivity contribution is -0.142. The van der Waals surface area contributed by atoms with E-state index >= 15 is 0 Å². The Morgan fingerprint density at radius 1 is 1.05 bits per heavy atom. The zero-order valence-corrected chi connectivity index (χ0v) is 12.7. The summed E-state index contributed by atoms with van der Waals surface area (Å²) in [7, 11) is 0. The summed E-state index contributed by atoms with van der Waals surface area (Å²) < 4.78 is 0. The number of carbonyl (C=O) groups is 2. The molecule has 0 spiro atoms. The highest BCUT2D eigenvalue weighted by Crippen LogP contribution is 2.27. The summed E-state index contributed by atoms with van der Waals surface area (Å²) in [5, 5.41) is 9.20. The smallest absolute Gasteiger partial charge is 0.320 e. The van der Waals surface area contributed by atoms with Gasteiger partial charge in [0.2, 0.25) is 0 Å². The number of urea groups is 1.